The van der Waals surface area contributed by atoms with Crippen molar-refractivity contribution >= 4 is 29.1 Å². The van der Waals surface area contributed by atoms with E-state index in [1.54, 1.807) is 6.07 Å². The van der Waals surface area contributed by atoms with Gasteiger partial charge in [0.1, 0.15) is 11.6 Å². The third kappa shape index (κ3) is 2.23. The van der Waals surface area contributed by atoms with E-state index in [0.717, 1.165) is 22.9 Å². The zero-order chi connectivity index (χ0) is 10.8. The smallest absolute Gasteiger partial charge is 0.143 e. The zero-order valence-corrected chi connectivity index (χ0v) is 9.64. The third-order valence-corrected chi connectivity index (χ3v) is 2.37. The van der Waals surface area contributed by atoms with Gasteiger partial charge in [0.2, 0.25) is 0 Å². The monoisotopic (exact) mass is 241 g/mol. The van der Waals surface area contributed by atoms with E-state index in [-0.39, 0.29) is 18.2 Å². The zero-order valence-electron chi connectivity index (χ0n) is 8.83. The Morgan fingerprint density at radius 3 is 2.75 bits per heavy atom. The van der Waals surface area contributed by atoms with Crippen LogP contribution in [0.4, 0.5) is 10.2 Å². The van der Waals surface area contributed by atoms with Crippen LogP contribution < -0.4 is 11.3 Å². The van der Waals surface area contributed by atoms with Crippen LogP contribution in [-0.4, -0.2) is 4.98 Å². The first-order valence-corrected chi connectivity index (χ1v) is 4.80. The third-order valence-electron chi connectivity index (χ3n) is 2.37. The second kappa shape index (κ2) is 5.09. The number of nitrogen functional groups attached to an aromatic ring is 1. The first kappa shape index (κ1) is 12.7. The Morgan fingerprint density at radius 2 is 2.12 bits per heavy atom. The van der Waals surface area contributed by atoms with E-state index in [2.05, 4.69) is 10.4 Å². The van der Waals surface area contributed by atoms with Gasteiger partial charge in [0, 0.05) is 5.39 Å². The molecule has 0 aliphatic heterocycles. The van der Waals surface area contributed by atoms with Gasteiger partial charge in [-0.3, -0.25) is 0 Å². The number of nitrogens with one attached hydrogen (secondary N) is 1. The number of anilines is 1. The fourth-order valence-electron chi connectivity index (χ4n) is 1.59. The van der Waals surface area contributed by atoms with Crippen LogP contribution in [0.3, 0.4) is 0 Å². The maximum absolute atomic E-state index is 13.0. The fourth-order valence-corrected chi connectivity index (χ4v) is 1.59. The minimum Gasteiger partial charge on any atom is -0.308 e. The predicted octanol–water partition coefficient (Wildman–Crippen LogP) is 2.64. The van der Waals surface area contributed by atoms with Gasteiger partial charge in [-0.15, -0.1) is 12.4 Å². The molecule has 0 spiro atoms. The predicted molar refractivity (Wildman–Crippen MR) is 66.1 cm³/mol. The molecule has 1 aromatic carbocycles. The van der Waals surface area contributed by atoms with Crippen LogP contribution in [0.15, 0.2) is 24.3 Å². The second-order valence-corrected chi connectivity index (χ2v) is 3.33. The number of nitrogens with two attached hydrogens (primary N) is 1. The molecule has 0 saturated heterocycles. The molecule has 3 N–H and O–H groups in total. The molecule has 0 aliphatic carbocycles. The van der Waals surface area contributed by atoms with Crippen molar-refractivity contribution in [3.05, 3.63) is 35.6 Å². The lowest BCUT2D eigenvalue weighted by Crippen LogP contribution is -2.11. The van der Waals surface area contributed by atoms with E-state index < -0.39 is 0 Å². The average molecular weight is 242 g/mol. The molecule has 0 aliphatic rings. The molecule has 0 atom stereocenters. The van der Waals surface area contributed by atoms with E-state index in [1.807, 2.05) is 13.0 Å². The molecule has 0 unspecified atom stereocenters. The second-order valence-electron chi connectivity index (χ2n) is 3.33. The molecule has 0 radical (unpaired) electrons. The van der Waals surface area contributed by atoms with Crippen molar-refractivity contribution in [3.8, 4) is 0 Å². The van der Waals surface area contributed by atoms with Crippen molar-refractivity contribution in [3.63, 3.8) is 0 Å². The first-order chi connectivity index (χ1) is 7.24. The lowest BCUT2D eigenvalue weighted by atomic mass is 10.1. The summed E-state index contributed by atoms with van der Waals surface area (Å²) in [5.41, 5.74) is 4.27. The van der Waals surface area contributed by atoms with Crippen LogP contribution in [0.5, 0.6) is 0 Å². The molecule has 2 rings (SSSR count). The van der Waals surface area contributed by atoms with Gasteiger partial charge in [0.15, 0.2) is 0 Å². The van der Waals surface area contributed by atoms with Crippen LogP contribution in [0.25, 0.3) is 10.9 Å². The molecule has 86 valence electrons. The summed E-state index contributed by atoms with van der Waals surface area (Å²) in [7, 11) is 0. The molecule has 3 nitrogen and oxygen atoms in total. The molecule has 0 amide bonds. The number of hydrogen-bond acceptors (Lipinski definition) is 3. The van der Waals surface area contributed by atoms with Crippen LogP contribution >= 0.6 is 12.4 Å². The van der Waals surface area contributed by atoms with Gasteiger partial charge in [0.05, 0.1) is 5.52 Å². The minimum atomic E-state index is -0.250. The van der Waals surface area contributed by atoms with Gasteiger partial charge in [-0.25, -0.2) is 15.2 Å². The van der Waals surface area contributed by atoms with Crippen molar-refractivity contribution in [2.75, 3.05) is 5.43 Å². The highest BCUT2D eigenvalue weighted by atomic mass is 35.5. The summed E-state index contributed by atoms with van der Waals surface area (Å²) < 4.78 is 13.0. The standard InChI is InChI=1S/C11H12FN3.ClH/c1-2-7-5-8-6-9(12)3-4-10(8)14-11(7)15-13;/h3-6H,2,13H2,1H3,(H,14,15);1H. The van der Waals surface area contributed by atoms with Crippen molar-refractivity contribution in [2.24, 2.45) is 5.84 Å². The first-order valence-electron chi connectivity index (χ1n) is 4.80. The highest BCUT2D eigenvalue weighted by Gasteiger charge is 2.04. The molecule has 0 saturated carbocycles. The SMILES string of the molecule is CCc1cc2cc(F)ccc2nc1NN.Cl. The van der Waals surface area contributed by atoms with Gasteiger partial charge in [0.25, 0.3) is 0 Å². The van der Waals surface area contributed by atoms with Crippen molar-refractivity contribution < 1.29 is 4.39 Å². The number of fused-ring (bicyclic) bond motifs is 1. The Morgan fingerprint density at radius 1 is 1.38 bits per heavy atom. The van der Waals surface area contributed by atoms with Crippen LogP contribution in [0.1, 0.15) is 12.5 Å². The van der Waals surface area contributed by atoms with Crippen molar-refractivity contribution in [1.82, 2.24) is 4.98 Å². The molecule has 16 heavy (non-hydrogen) atoms. The number of hydrazine groups is 1. The fraction of sp³-hybridized carbons (Fsp3) is 0.182. The van der Waals surface area contributed by atoms with Gasteiger partial charge in [-0.05, 0) is 36.2 Å². The minimum absolute atomic E-state index is 0. The van der Waals surface area contributed by atoms with Crippen LogP contribution in [-0.2, 0) is 6.42 Å². The molecule has 2 aromatic rings. The summed E-state index contributed by atoms with van der Waals surface area (Å²) in [5.74, 6) is 5.76. The number of hydrogen-bond donors (Lipinski definition) is 2. The topological polar surface area (TPSA) is 50.9 Å². The summed E-state index contributed by atoms with van der Waals surface area (Å²) in [6.45, 7) is 2.00. The molecular weight excluding hydrogens is 229 g/mol. The van der Waals surface area contributed by atoms with E-state index in [9.17, 15) is 4.39 Å². The Kier molecular flexibility index (Phi) is 4.04. The van der Waals surface area contributed by atoms with Crippen molar-refractivity contribution in [2.45, 2.75) is 13.3 Å². The number of pyridine rings is 1. The number of benzene rings is 1. The van der Waals surface area contributed by atoms with E-state index >= 15 is 0 Å². The van der Waals surface area contributed by atoms with Crippen molar-refractivity contribution in [1.29, 1.82) is 0 Å². The Balaban J connectivity index is 0.00000128. The normalized spacial score (nSPS) is 9.94. The highest BCUT2D eigenvalue weighted by molar-refractivity contribution is 5.85. The van der Waals surface area contributed by atoms with Crippen LogP contribution in [0, 0.1) is 5.82 Å². The number of aromatic nitrogens is 1. The molecule has 5 heteroatoms. The van der Waals surface area contributed by atoms with Gasteiger partial charge < -0.3 is 5.43 Å². The summed E-state index contributed by atoms with van der Waals surface area (Å²) in [5, 5.41) is 0.797. The maximum Gasteiger partial charge on any atom is 0.143 e. The number of rotatable bonds is 2. The Labute approximate surface area is 99.2 Å². The lowest BCUT2D eigenvalue weighted by molar-refractivity contribution is 0.629. The summed E-state index contributed by atoms with van der Waals surface area (Å²) >= 11 is 0. The number of nitrogens with zero attached hydrogens (tertiary/aromatic N) is 1. The summed E-state index contributed by atoms with van der Waals surface area (Å²) in [4.78, 5) is 4.30. The highest BCUT2D eigenvalue weighted by Crippen LogP contribution is 2.21. The maximum atomic E-state index is 13.0. The van der Waals surface area contributed by atoms with Gasteiger partial charge in [-0.1, -0.05) is 6.92 Å². The summed E-state index contributed by atoms with van der Waals surface area (Å²) in [6.07, 6.45) is 0.805. The number of aryl methyl sites for hydroxylation is 1. The number of halogens is 2. The van der Waals surface area contributed by atoms with E-state index in [1.165, 1.54) is 12.1 Å². The molecule has 1 heterocycles. The Bertz CT molecular complexity index is 502. The largest absolute Gasteiger partial charge is 0.308 e. The average Bonchev–Trinajstić information content (AvgIpc) is 2.27. The Hall–Kier alpha value is -1.39. The molecule has 0 fully saturated rings. The molecule has 0 bridgehead atoms. The summed E-state index contributed by atoms with van der Waals surface area (Å²) in [6, 6.07) is 6.41. The van der Waals surface area contributed by atoms with Gasteiger partial charge in [-0.2, -0.15) is 0 Å². The van der Waals surface area contributed by atoms with E-state index in [4.69, 9.17) is 5.84 Å². The van der Waals surface area contributed by atoms with E-state index in [0.29, 0.717) is 5.82 Å². The molecule has 1 aromatic heterocycles. The van der Waals surface area contributed by atoms with Crippen LogP contribution in [0.2, 0.25) is 0 Å². The lowest BCUT2D eigenvalue weighted by Gasteiger charge is -2.07. The molecular formula is C11H13ClFN3. The quantitative estimate of drug-likeness (QED) is 0.628. The van der Waals surface area contributed by atoms with Gasteiger partial charge >= 0.3 is 0 Å².